The van der Waals surface area contributed by atoms with Gasteiger partial charge in [0.2, 0.25) is 0 Å². The molecule has 0 fully saturated rings. The number of nitrogens with one attached hydrogen (secondary N) is 1. The molecular formula is C15H18N2O5S. The van der Waals surface area contributed by atoms with Gasteiger partial charge in [-0.25, -0.2) is 13.2 Å². The number of anilines is 1. The van der Waals surface area contributed by atoms with E-state index >= 15 is 0 Å². The lowest BCUT2D eigenvalue weighted by atomic mass is 10.3. The fraction of sp³-hybridized carbons (Fsp3) is 0.267. The molecule has 0 amide bonds. The molecule has 0 spiro atoms. The van der Waals surface area contributed by atoms with E-state index in [-0.39, 0.29) is 10.6 Å². The van der Waals surface area contributed by atoms with Gasteiger partial charge in [0.15, 0.2) is 0 Å². The molecule has 0 aliphatic heterocycles. The third kappa shape index (κ3) is 3.31. The number of sulfonamides is 1. The van der Waals surface area contributed by atoms with Crippen LogP contribution in [-0.2, 0) is 21.8 Å². The normalized spacial score (nSPS) is 11.1. The minimum atomic E-state index is -3.85. The monoisotopic (exact) mass is 338 g/mol. The number of carbonyl (C=O) groups is 1. The Morgan fingerprint density at radius 1 is 1.22 bits per heavy atom. The van der Waals surface area contributed by atoms with E-state index in [2.05, 4.69) is 9.46 Å². The number of ether oxygens (including phenoxy) is 2. The van der Waals surface area contributed by atoms with Gasteiger partial charge in [0.05, 0.1) is 19.9 Å². The molecule has 8 heteroatoms. The van der Waals surface area contributed by atoms with Gasteiger partial charge in [0.25, 0.3) is 10.0 Å². The smallest absolute Gasteiger partial charge is 0.354 e. The summed E-state index contributed by atoms with van der Waals surface area (Å²) in [4.78, 5) is 11.7. The molecule has 0 saturated carbocycles. The maximum atomic E-state index is 12.6. The summed E-state index contributed by atoms with van der Waals surface area (Å²) in [6, 6.07) is 7.86. The number of carbonyl (C=O) groups excluding carboxylic acids is 1. The van der Waals surface area contributed by atoms with Crippen LogP contribution >= 0.6 is 0 Å². The van der Waals surface area contributed by atoms with E-state index in [1.165, 1.54) is 24.9 Å². The van der Waals surface area contributed by atoms with Gasteiger partial charge in [0.1, 0.15) is 16.3 Å². The first-order valence-electron chi connectivity index (χ1n) is 6.71. The number of benzene rings is 1. The Hall–Kier alpha value is -2.48. The van der Waals surface area contributed by atoms with Gasteiger partial charge in [-0.3, -0.25) is 4.72 Å². The topological polar surface area (TPSA) is 86.6 Å². The van der Waals surface area contributed by atoms with Crippen LogP contribution in [0.3, 0.4) is 0 Å². The first-order chi connectivity index (χ1) is 10.8. The van der Waals surface area contributed by atoms with Gasteiger partial charge < -0.3 is 14.0 Å². The molecule has 23 heavy (non-hydrogen) atoms. The molecule has 124 valence electrons. The van der Waals surface area contributed by atoms with Crippen molar-refractivity contribution >= 4 is 21.7 Å². The number of methoxy groups -OCH3 is 2. The molecule has 1 aromatic heterocycles. The van der Waals surface area contributed by atoms with E-state index in [0.29, 0.717) is 17.1 Å². The maximum Gasteiger partial charge on any atom is 0.354 e. The fourth-order valence-corrected chi connectivity index (χ4v) is 3.48. The second-order valence-corrected chi connectivity index (χ2v) is 6.52. The van der Waals surface area contributed by atoms with Crippen LogP contribution in [0.25, 0.3) is 0 Å². The van der Waals surface area contributed by atoms with Crippen LogP contribution in [0.15, 0.2) is 35.2 Å². The number of aromatic nitrogens is 1. The van der Waals surface area contributed by atoms with Crippen LogP contribution in [0, 0.1) is 6.92 Å². The second-order valence-electron chi connectivity index (χ2n) is 4.87. The van der Waals surface area contributed by atoms with E-state index in [1.807, 2.05) is 0 Å². The molecular weight excluding hydrogens is 320 g/mol. The highest BCUT2D eigenvalue weighted by Crippen LogP contribution is 2.24. The first kappa shape index (κ1) is 16.9. The number of nitrogens with zero attached hydrogens (tertiary/aromatic N) is 1. The lowest BCUT2D eigenvalue weighted by Gasteiger charge is -2.09. The predicted molar refractivity (Wildman–Crippen MR) is 85.3 cm³/mol. The van der Waals surface area contributed by atoms with E-state index in [0.717, 1.165) is 0 Å². The highest BCUT2D eigenvalue weighted by molar-refractivity contribution is 7.92. The van der Waals surface area contributed by atoms with Gasteiger partial charge >= 0.3 is 5.97 Å². The van der Waals surface area contributed by atoms with Crippen LogP contribution in [0.4, 0.5) is 5.69 Å². The molecule has 1 aromatic carbocycles. The summed E-state index contributed by atoms with van der Waals surface area (Å²) in [6.45, 7) is 1.62. The number of rotatable bonds is 5. The molecule has 0 unspecified atom stereocenters. The zero-order valence-corrected chi connectivity index (χ0v) is 14.1. The van der Waals surface area contributed by atoms with Crippen molar-refractivity contribution in [1.29, 1.82) is 0 Å². The van der Waals surface area contributed by atoms with Crippen molar-refractivity contribution in [2.75, 3.05) is 18.9 Å². The average molecular weight is 338 g/mol. The van der Waals surface area contributed by atoms with Crippen LogP contribution < -0.4 is 9.46 Å². The Kier molecular flexibility index (Phi) is 4.65. The Balaban J connectivity index is 2.42. The van der Waals surface area contributed by atoms with Gasteiger partial charge in [-0.05, 0) is 25.1 Å². The lowest BCUT2D eigenvalue weighted by molar-refractivity contribution is 0.0589. The SMILES string of the molecule is COC(=O)c1cc(S(=O)(=O)Nc2cccc(OC)c2)c(C)n1C. The van der Waals surface area contributed by atoms with Crippen LogP contribution in [-0.4, -0.2) is 33.2 Å². The summed E-state index contributed by atoms with van der Waals surface area (Å²) in [5.41, 5.74) is 0.962. The Morgan fingerprint density at radius 3 is 2.52 bits per heavy atom. The van der Waals surface area contributed by atoms with Gasteiger partial charge in [-0.15, -0.1) is 0 Å². The fourth-order valence-electron chi connectivity index (χ4n) is 2.14. The zero-order valence-electron chi connectivity index (χ0n) is 13.3. The number of hydrogen-bond donors (Lipinski definition) is 1. The molecule has 0 radical (unpaired) electrons. The van der Waals surface area contributed by atoms with E-state index < -0.39 is 16.0 Å². The minimum Gasteiger partial charge on any atom is -0.497 e. The Morgan fingerprint density at radius 2 is 1.91 bits per heavy atom. The van der Waals surface area contributed by atoms with Crippen molar-refractivity contribution in [3.05, 3.63) is 41.7 Å². The Labute approximate surface area is 134 Å². The summed E-state index contributed by atoms with van der Waals surface area (Å²) in [5, 5.41) is 0. The largest absolute Gasteiger partial charge is 0.497 e. The van der Waals surface area contributed by atoms with Crippen molar-refractivity contribution < 1.29 is 22.7 Å². The Bertz CT molecular complexity index is 840. The molecule has 0 atom stereocenters. The van der Waals surface area contributed by atoms with Crippen LogP contribution in [0.2, 0.25) is 0 Å². The molecule has 1 N–H and O–H groups in total. The molecule has 0 bridgehead atoms. The number of hydrogen-bond acceptors (Lipinski definition) is 5. The molecule has 7 nitrogen and oxygen atoms in total. The third-order valence-electron chi connectivity index (χ3n) is 3.49. The summed E-state index contributed by atoms with van der Waals surface area (Å²) in [6.07, 6.45) is 0. The average Bonchev–Trinajstić information content (AvgIpc) is 2.83. The minimum absolute atomic E-state index is 0.0169. The standard InChI is InChI=1S/C15H18N2O5S/c1-10-14(9-13(17(10)2)15(18)22-4)23(19,20)16-11-6-5-7-12(8-11)21-3/h5-9,16H,1-4H3. The van der Waals surface area contributed by atoms with Crippen molar-refractivity contribution in [3.63, 3.8) is 0 Å². The van der Waals surface area contributed by atoms with Crippen LogP contribution in [0.1, 0.15) is 16.2 Å². The highest BCUT2D eigenvalue weighted by atomic mass is 32.2. The van der Waals surface area contributed by atoms with Crippen LogP contribution in [0.5, 0.6) is 5.75 Å². The van der Waals surface area contributed by atoms with Gasteiger partial charge in [0, 0.05) is 18.8 Å². The molecule has 0 aliphatic rings. The van der Waals surface area contributed by atoms with Gasteiger partial charge in [-0.2, -0.15) is 0 Å². The first-order valence-corrected chi connectivity index (χ1v) is 8.20. The van der Waals surface area contributed by atoms with E-state index in [4.69, 9.17) is 4.74 Å². The highest BCUT2D eigenvalue weighted by Gasteiger charge is 2.24. The third-order valence-corrected chi connectivity index (χ3v) is 4.99. The number of esters is 1. The maximum absolute atomic E-state index is 12.6. The quantitative estimate of drug-likeness (QED) is 0.842. The summed E-state index contributed by atoms with van der Waals surface area (Å²) in [7, 11) is 0.498. The summed E-state index contributed by atoms with van der Waals surface area (Å²) >= 11 is 0. The van der Waals surface area contributed by atoms with E-state index in [9.17, 15) is 13.2 Å². The molecule has 0 saturated heterocycles. The predicted octanol–water partition coefficient (Wildman–Crippen LogP) is 1.93. The van der Waals surface area contributed by atoms with Crippen molar-refractivity contribution in [2.45, 2.75) is 11.8 Å². The summed E-state index contributed by atoms with van der Waals surface area (Å²) < 4.78 is 38.8. The van der Waals surface area contributed by atoms with Crippen molar-refractivity contribution in [3.8, 4) is 5.75 Å². The lowest BCUT2D eigenvalue weighted by Crippen LogP contribution is -2.13. The van der Waals surface area contributed by atoms with Crippen molar-refractivity contribution in [2.24, 2.45) is 7.05 Å². The molecule has 2 aromatic rings. The molecule has 1 heterocycles. The zero-order chi connectivity index (χ0) is 17.2. The van der Waals surface area contributed by atoms with Gasteiger partial charge in [-0.1, -0.05) is 6.07 Å². The summed E-state index contributed by atoms with van der Waals surface area (Å²) in [5.74, 6) is -0.0661. The molecule has 0 aliphatic carbocycles. The molecule has 2 rings (SSSR count). The van der Waals surface area contributed by atoms with Crippen molar-refractivity contribution in [1.82, 2.24) is 4.57 Å². The second kappa shape index (κ2) is 6.33. The van der Waals surface area contributed by atoms with E-state index in [1.54, 1.807) is 38.2 Å².